The molecule has 5 heteroatoms. The lowest BCUT2D eigenvalue weighted by Crippen LogP contribution is -2.36. The van der Waals surface area contributed by atoms with Crippen molar-refractivity contribution < 1.29 is 9.18 Å². The third kappa shape index (κ3) is 5.30. The summed E-state index contributed by atoms with van der Waals surface area (Å²) in [5.74, 6) is -0.422. The van der Waals surface area contributed by atoms with Crippen LogP contribution in [0.2, 0.25) is 0 Å². The Kier molecular flexibility index (Phi) is 6.65. The molecule has 22 heavy (non-hydrogen) atoms. The number of rotatable bonds is 6. The number of urea groups is 1. The van der Waals surface area contributed by atoms with E-state index in [1.807, 2.05) is 0 Å². The molecule has 1 aliphatic carbocycles. The monoisotopic (exact) mass is 307 g/mol. The Morgan fingerprint density at radius 1 is 1.27 bits per heavy atom. The summed E-state index contributed by atoms with van der Waals surface area (Å²) in [7, 11) is 2.16. The molecule has 0 aliphatic heterocycles. The van der Waals surface area contributed by atoms with Gasteiger partial charge in [-0.3, -0.25) is 0 Å². The molecule has 0 unspecified atom stereocenters. The van der Waals surface area contributed by atoms with Crippen molar-refractivity contribution in [2.45, 2.75) is 44.6 Å². The molecule has 1 aliphatic rings. The van der Waals surface area contributed by atoms with Crippen LogP contribution in [0.15, 0.2) is 24.3 Å². The number of halogens is 1. The van der Waals surface area contributed by atoms with Gasteiger partial charge in [0.1, 0.15) is 5.82 Å². The average Bonchev–Trinajstić information content (AvgIpc) is 2.54. The number of amides is 2. The minimum absolute atomic E-state index is 0.208. The lowest BCUT2D eigenvalue weighted by Gasteiger charge is -2.31. The van der Waals surface area contributed by atoms with Crippen molar-refractivity contribution in [1.82, 2.24) is 10.2 Å². The maximum atomic E-state index is 13.4. The Morgan fingerprint density at radius 3 is 2.73 bits per heavy atom. The summed E-state index contributed by atoms with van der Waals surface area (Å²) >= 11 is 0. The Labute approximate surface area is 132 Å². The Morgan fingerprint density at radius 2 is 2.00 bits per heavy atom. The zero-order valence-electron chi connectivity index (χ0n) is 13.3. The molecule has 2 amide bonds. The van der Waals surface area contributed by atoms with Gasteiger partial charge in [-0.2, -0.15) is 0 Å². The van der Waals surface area contributed by atoms with Crippen molar-refractivity contribution in [3.8, 4) is 0 Å². The molecule has 0 heterocycles. The number of benzene rings is 1. The van der Waals surface area contributed by atoms with E-state index in [-0.39, 0.29) is 11.7 Å². The van der Waals surface area contributed by atoms with Crippen LogP contribution in [0.25, 0.3) is 0 Å². The van der Waals surface area contributed by atoms with E-state index in [0.29, 0.717) is 12.6 Å². The van der Waals surface area contributed by atoms with Gasteiger partial charge < -0.3 is 15.5 Å². The fraction of sp³-hybridized carbons (Fsp3) is 0.588. The van der Waals surface area contributed by atoms with E-state index in [0.717, 1.165) is 13.0 Å². The summed E-state index contributed by atoms with van der Waals surface area (Å²) in [5.41, 5.74) is 0.208. The average molecular weight is 307 g/mol. The van der Waals surface area contributed by atoms with E-state index in [9.17, 15) is 9.18 Å². The van der Waals surface area contributed by atoms with Crippen LogP contribution in [0, 0.1) is 5.82 Å². The summed E-state index contributed by atoms with van der Waals surface area (Å²) in [6.45, 7) is 1.57. The first kappa shape index (κ1) is 16.7. The highest BCUT2D eigenvalue weighted by atomic mass is 19.1. The zero-order chi connectivity index (χ0) is 15.8. The van der Waals surface area contributed by atoms with Crippen LogP contribution in [-0.4, -0.2) is 37.1 Å². The van der Waals surface area contributed by atoms with Crippen LogP contribution in [0.3, 0.4) is 0 Å². The molecule has 0 atom stereocenters. The fourth-order valence-corrected chi connectivity index (χ4v) is 2.96. The molecule has 2 rings (SSSR count). The van der Waals surface area contributed by atoms with E-state index < -0.39 is 5.82 Å². The maximum Gasteiger partial charge on any atom is 0.319 e. The molecule has 4 nitrogen and oxygen atoms in total. The number of anilines is 1. The van der Waals surface area contributed by atoms with Crippen LogP contribution in [-0.2, 0) is 0 Å². The van der Waals surface area contributed by atoms with Gasteiger partial charge in [0.05, 0.1) is 5.69 Å². The second-order valence-electron chi connectivity index (χ2n) is 5.99. The molecule has 0 radical (unpaired) electrons. The van der Waals surface area contributed by atoms with Crippen LogP contribution in [0.5, 0.6) is 0 Å². The van der Waals surface area contributed by atoms with E-state index >= 15 is 0 Å². The molecule has 1 aromatic carbocycles. The highest BCUT2D eigenvalue weighted by molar-refractivity contribution is 5.89. The number of carbonyl (C=O) groups excluding carboxylic acids is 1. The molecule has 0 aromatic heterocycles. The number of hydrogen-bond acceptors (Lipinski definition) is 2. The van der Waals surface area contributed by atoms with Gasteiger partial charge in [0.15, 0.2) is 0 Å². The van der Waals surface area contributed by atoms with Crippen molar-refractivity contribution in [2.24, 2.45) is 0 Å². The van der Waals surface area contributed by atoms with Crippen LogP contribution in [0.1, 0.15) is 38.5 Å². The van der Waals surface area contributed by atoms with Crippen molar-refractivity contribution in [3.63, 3.8) is 0 Å². The van der Waals surface area contributed by atoms with Crippen LogP contribution in [0.4, 0.5) is 14.9 Å². The van der Waals surface area contributed by atoms with Gasteiger partial charge in [0, 0.05) is 12.6 Å². The van der Waals surface area contributed by atoms with Crippen molar-refractivity contribution in [3.05, 3.63) is 30.1 Å². The van der Waals surface area contributed by atoms with E-state index in [4.69, 9.17) is 0 Å². The Balaban J connectivity index is 1.61. The summed E-state index contributed by atoms with van der Waals surface area (Å²) in [6.07, 6.45) is 7.51. The molecular formula is C17H26FN3O. The number of para-hydroxylation sites is 1. The number of hydrogen-bond donors (Lipinski definition) is 2. The Bertz CT molecular complexity index is 475. The van der Waals surface area contributed by atoms with E-state index in [2.05, 4.69) is 22.6 Å². The maximum absolute atomic E-state index is 13.4. The van der Waals surface area contributed by atoms with Gasteiger partial charge in [0.25, 0.3) is 0 Å². The normalized spacial score (nSPS) is 15.8. The van der Waals surface area contributed by atoms with Gasteiger partial charge in [0.2, 0.25) is 0 Å². The van der Waals surface area contributed by atoms with Gasteiger partial charge >= 0.3 is 6.03 Å². The Hall–Kier alpha value is -1.62. The van der Waals surface area contributed by atoms with Gasteiger partial charge in [-0.15, -0.1) is 0 Å². The molecule has 1 saturated carbocycles. The summed E-state index contributed by atoms with van der Waals surface area (Å²) < 4.78 is 13.4. The zero-order valence-corrected chi connectivity index (χ0v) is 13.3. The van der Waals surface area contributed by atoms with Crippen LogP contribution < -0.4 is 10.6 Å². The summed E-state index contributed by atoms with van der Waals surface area (Å²) in [5, 5.41) is 5.30. The lowest BCUT2D eigenvalue weighted by molar-refractivity contribution is 0.189. The third-order valence-corrected chi connectivity index (χ3v) is 4.29. The highest BCUT2D eigenvalue weighted by Crippen LogP contribution is 2.21. The van der Waals surface area contributed by atoms with E-state index in [1.54, 1.807) is 18.2 Å². The smallest absolute Gasteiger partial charge is 0.319 e. The van der Waals surface area contributed by atoms with Crippen molar-refractivity contribution in [1.29, 1.82) is 0 Å². The van der Waals surface area contributed by atoms with Crippen LogP contribution >= 0.6 is 0 Å². The van der Waals surface area contributed by atoms with Gasteiger partial charge in [-0.25, -0.2) is 9.18 Å². The second-order valence-corrected chi connectivity index (χ2v) is 5.99. The summed E-state index contributed by atoms with van der Waals surface area (Å²) in [6, 6.07) is 6.50. The fourth-order valence-electron chi connectivity index (χ4n) is 2.96. The predicted octanol–water partition coefficient (Wildman–Crippen LogP) is 3.60. The standard InChI is InChI=1S/C17H26FN3O/c1-21(14-8-3-2-4-9-14)13-7-12-19-17(22)20-16-11-6-5-10-15(16)18/h5-6,10-11,14H,2-4,7-9,12-13H2,1H3,(H2,19,20,22). The van der Waals surface area contributed by atoms with E-state index in [1.165, 1.54) is 38.2 Å². The molecule has 1 aromatic rings. The first-order valence-electron chi connectivity index (χ1n) is 8.16. The first-order valence-corrected chi connectivity index (χ1v) is 8.16. The largest absolute Gasteiger partial charge is 0.338 e. The number of nitrogens with one attached hydrogen (secondary N) is 2. The SMILES string of the molecule is CN(CCCNC(=O)Nc1ccccc1F)C1CCCCC1. The number of carbonyl (C=O) groups is 1. The lowest BCUT2D eigenvalue weighted by atomic mass is 9.94. The molecule has 0 spiro atoms. The predicted molar refractivity (Wildman–Crippen MR) is 87.5 cm³/mol. The first-order chi connectivity index (χ1) is 10.7. The van der Waals surface area contributed by atoms with Gasteiger partial charge in [-0.05, 0) is 45.0 Å². The minimum atomic E-state index is -0.422. The second kappa shape index (κ2) is 8.73. The molecule has 0 bridgehead atoms. The quantitative estimate of drug-likeness (QED) is 0.789. The highest BCUT2D eigenvalue weighted by Gasteiger charge is 2.17. The van der Waals surface area contributed by atoms with Crippen molar-refractivity contribution in [2.75, 3.05) is 25.5 Å². The molecule has 1 fully saturated rings. The van der Waals surface area contributed by atoms with Gasteiger partial charge in [-0.1, -0.05) is 31.4 Å². The minimum Gasteiger partial charge on any atom is -0.338 e. The topological polar surface area (TPSA) is 44.4 Å². The molecule has 122 valence electrons. The summed E-state index contributed by atoms with van der Waals surface area (Å²) in [4.78, 5) is 14.1. The number of nitrogens with zero attached hydrogens (tertiary/aromatic N) is 1. The van der Waals surface area contributed by atoms with Crippen molar-refractivity contribution >= 4 is 11.7 Å². The molecular weight excluding hydrogens is 281 g/mol. The molecule has 0 saturated heterocycles. The third-order valence-electron chi connectivity index (χ3n) is 4.29. The molecule has 2 N–H and O–H groups in total.